The lowest BCUT2D eigenvalue weighted by Gasteiger charge is -2.37. The van der Waals surface area contributed by atoms with E-state index >= 15 is 0 Å². The van der Waals surface area contributed by atoms with E-state index in [0.717, 1.165) is 11.4 Å². The molecule has 0 atom stereocenters. The van der Waals surface area contributed by atoms with E-state index < -0.39 is 0 Å². The molecule has 5 rings (SSSR count). The van der Waals surface area contributed by atoms with Gasteiger partial charge in [-0.25, -0.2) is 9.37 Å². The number of halogens is 1. The maximum absolute atomic E-state index is 13.5. The van der Waals surface area contributed by atoms with Crippen molar-refractivity contribution in [2.45, 2.75) is 6.54 Å². The van der Waals surface area contributed by atoms with Crippen LogP contribution in [0.4, 0.5) is 10.2 Å². The third-order valence-electron chi connectivity index (χ3n) is 6.03. The first-order valence-electron chi connectivity index (χ1n) is 10.9. The molecule has 1 saturated heterocycles. The van der Waals surface area contributed by atoms with Gasteiger partial charge in [-0.2, -0.15) is 0 Å². The Labute approximate surface area is 191 Å². The molecule has 3 aromatic rings. The summed E-state index contributed by atoms with van der Waals surface area (Å²) in [5, 5.41) is 0. The molecule has 0 radical (unpaired) electrons. The fraction of sp³-hybridized carbons (Fsp3) is 0.192. The van der Waals surface area contributed by atoms with Crippen LogP contribution in [0.3, 0.4) is 0 Å². The fourth-order valence-corrected chi connectivity index (χ4v) is 4.34. The van der Waals surface area contributed by atoms with Crippen molar-refractivity contribution in [2.75, 3.05) is 31.1 Å². The van der Waals surface area contributed by atoms with Gasteiger partial charge in [0.05, 0.1) is 12.1 Å². The minimum atomic E-state index is -0.354. The lowest BCUT2D eigenvalue weighted by molar-refractivity contribution is -0.138. The molecule has 7 heteroatoms. The zero-order chi connectivity index (χ0) is 22.8. The molecular formula is C26H23FN4O2. The van der Waals surface area contributed by atoms with Crippen LogP contribution in [0.2, 0.25) is 0 Å². The van der Waals surface area contributed by atoms with E-state index in [4.69, 9.17) is 0 Å². The lowest BCUT2D eigenvalue weighted by Crippen LogP contribution is -2.47. The first-order chi connectivity index (χ1) is 16.1. The molecule has 33 heavy (non-hydrogen) atoms. The van der Waals surface area contributed by atoms with Crippen LogP contribution in [0, 0.1) is 5.82 Å². The highest BCUT2D eigenvalue weighted by molar-refractivity contribution is 6.35. The van der Waals surface area contributed by atoms with Crippen LogP contribution in [0.15, 0.2) is 84.7 Å². The van der Waals surface area contributed by atoms with Gasteiger partial charge in [-0.3, -0.25) is 14.5 Å². The summed E-state index contributed by atoms with van der Waals surface area (Å²) >= 11 is 0. The topological polar surface area (TPSA) is 56.8 Å². The smallest absolute Gasteiger partial charge is 0.278 e. The molecule has 0 spiro atoms. The minimum absolute atomic E-state index is 0.103. The maximum atomic E-state index is 13.5. The van der Waals surface area contributed by atoms with Gasteiger partial charge in [0.25, 0.3) is 11.8 Å². The third-order valence-corrected chi connectivity index (χ3v) is 6.03. The first-order valence-corrected chi connectivity index (χ1v) is 10.9. The number of piperazine rings is 1. The Kier molecular flexibility index (Phi) is 5.60. The number of imide groups is 1. The Balaban J connectivity index is 1.43. The summed E-state index contributed by atoms with van der Waals surface area (Å²) in [5.41, 5.74) is 2.29. The van der Waals surface area contributed by atoms with E-state index in [1.54, 1.807) is 18.3 Å². The van der Waals surface area contributed by atoms with Gasteiger partial charge in [-0.15, -0.1) is 0 Å². The number of benzene rings is 2. The van der Waals surface area contributed by atoms with Crippen molar-refractivity contribution in [2.24, 2.45) is 0 Å². The molecule has 1 aromatic heterocycles. The molecule has 2 aliphatic heterocycles. The molecule has 2 aromatic carbocycles. The number of hydrogen-bond donors (Lipinski definition) is 0. The zero-order valence-corrected chi connectivity index (χ0v) is 18.0. The van der Waals surface area contributed by atoms with Crippen LogP contribution in [-0.2, 0) is 16.1 Å². The first kappa shape index (κ1) is 20.9. The molecule has 2 aliphatic rings. The van der Waals surface area contributed by atoms with Gasteiger partial charge < -0.3 is 9.80 Å². The van der Waals surface area contributed by atoms with Crippen molar-refractivity contribution in [3.05, 3.63) is 102 Å². The number of amides is 2. The van der Waals surface area contributed by atoms with Crippen molar-refractivity contribution in [3.8, 4) is 0 Å². The van der Waals surface area contributed by atoms with Crippen LogP contribution >= 0.6 is 0 Å². The Morgan fingerprint density at radius 1 is 0.758 bits per heavy atom. The largest absolute Gasteiger partial charge is 0.363 e. The van der Waals surface area contributed by atoms with Crippen LogP contribution in [-0.4, -0.2) is 52.8 Å². The minimum Gasteiger partial charge on any atom is -0.363 e. The van der Waals surface area contributed by atoms with Gasteiger partial charge in [0.15, 0.2) is 0 Å². The third kappa shape index (κ3) is 4.09. The molecular weight excluding hydrogens is 419 g/mol. The summed E-state index contributed by atoms with van der Waals surface area (Å²) in [4.78, 5) is 36.8. The number of anilines is 1. The number of pyridine rings is 1. The van der Waals surface area contributed by atoms with Crippen molar-refractivity contribution < 1.29 is 14.0 Å². The van der Waals surface area contributed by atoms with E-state index in [2.05, 4.69) is 9.88 Å². The summed E-state index contributed by atoms with van der Waals surface area (Å²) < 4.78 is 13.3. The SMILES string of the molecule is O=C1C(c2ccccc2)=C(N2CCN(c3ccccn3)CC2)C(=O)N1Cc1ccc(F)cc1. The average molecular weight is 442 g/mol. The van der Waals surface area contributed by atoms with Gasteiger partial charge in [-0.1, -0.05) is 48.5 Å². The van der Waals surface area contributed by atoms with Crippen LogP contribution in [0.5, 0.6) is 0 Å². The van der Waals surface area contributed by atoms with Crippen molar-refractivity contribution in [1.29, 1.82) is 0 Å². The van der Waals surface area contributed by atoms with Gasteiger partial charge in [0.1, 0.15) is 17.3 Å². The second-order valence-electron chi connectivity index (χ2n) is 8.07. The predicted octanol–water partition coefficient (Wildman–Crippen LogP) is 3.32. The molecule has 6 nitrogen and oxygen atoms in total. The highest BCUT2D eigenvalue weighted by Crippen LogP contribution is 2.33. The standard InChI is InChI=1S/C26H23FN4O2/c27-21-11-9-19(10-12-21)18-31-25(32)23(20-6-2-1-3-7-20)24(26(31)33)30-16-14-29(15-17-30)22-8-4-5-13-28-22/h1-13H,14-18H2. The number of nitrogens with zero attached hydrogens (tertiary/aromatic N) is 4. The second-order valence-corrected chi connectivity index (χ2v) is 8.07. The van der Waals surface area contributed by atoms with Gasteiger partial charge in [0.2, 0.25) is 0 Å². The van der Waals surface area contributed by atoms with E-state index in [-0.39, 0.29) is 24.2 Å². The van der Waals surface area contributed by atoms with Crippen LogP contribution in [0.25, 0.3) is 5.57 Å². The average Bonchev–Trinajstić information content (AvgIpc) is 3.11. The zero-order valence-electron chi connectivity index (χ0n) is 18.0. The Morgan fingerprint density at radius 2 is 1.42 bits per heavy atom. The number of carbonyl (C=O) groups is 2. The lowest BCUT2D eigenvalue weighted by atomic mass is 10.0. The van der Waals surface area contributed by atoms with E-state index in [0.29, 0.717) is 43.0 Å². The molecule has 166 valence electrons. The summed E-state index contributed by atoms with van der Waals surface area (Å²) in [6.07, 6.45) is 1.77. The predicted molar refractivity (Wildman–Crippen MR) is 123 cm³/mol. The van der Waals surface area contributed by atoms with Gasteiger partial charge in [-0.05, 0) is 35.4 Å². The summed E-state index contributed by atoms with van der Waals surface area (Å²) in [6.45, 7) is 2.70. The monoisotopic (exact) mass is 442 g/mol. The second kappa shape index (κ2) is 8.86. The highest BCUT2D eigenvalue weighted by atomic mass is 19.1. The molecule has 0 unspecified atom stereocenters. The van der Waals surface area contributed by atoms with E-state index in [1.165, 1.54) is 17.0 Å². The van der Waals surface area contributed by atoms with Crippen molar-refractivity contribution in [1.82, 2.24) is 14.8 Å². The summed E-state index contributed by atoms with van der Waals surface area (Å²) in [6, 6.07) is 21.0. The van der Waals surface area contributed by atoms with Crippen LogP contribution < -0.4 is 4.90 Å². The molecule has 3 heterocycles. The van der Waals surface area contributed by atoms with Crippen molar-refractivity contribution in [3.63, 3.8) is 0 Å². The quantitative estimate of drug-likeness (QED) is 0.568. The Hall–Kier alpha value is -4.00. The van der Waals surface area contributed by atoms with E-state index in [1.807, 2.05) is 53.4 Å². The maximum Gasteiger partial charge on any atom is 0.278 e. The normalized spacial score (nSPS) is 16.7. The van der Waals surface area contributed by atoms with Gasteiger partial charge in [0, 0.05) is 32.4 Å². The summed E-state index contributed by atoms with van der Waals surface area (Å²) in [5.74, 6) is -0.0827. The molecule has 0 N–H and O–H groups in total. The number of rotatable bonds is 5. The van der Waals surface area contributed by atoms with Crippen molar-refractivity contribution >= 4 is 23.2 Å². The van der Waals surface area contributed by atoms with Gasteiger partial charge >= 0.3 is 0 Å². The Morgan fingerprint density at radius 3 is 2.09 bits per heavy atom. The molecule has 0 aliphatic carbocycles. The highest BCUT2D eigenvalue weighted by Gasteiger charge is 2.42. The molecule has 0 saturated carbocycles. The number of hydrogen-bond acceptors (Lipinski definition) is 5. The van der Waals surface area contributed by atoms with Crippen LogP contribution in [0.1, 0.15) is 11.1 Å². The van der Waals surface area contributed by atoms with E-state index in [9.17, 15) is 14.0 Å². The Bertz CT molecular complexity index is 1190. The molecule has 0 bridgehead atoms. The molecule has 1 fully saturated rings. The summed E-state index contributed by atoms with van der Waals surface area (Å²) in [7, 11) is 0. The molecule has 2 amide bonds. The fourth-order valence-electron chi connectivity index (χ4n) is 4.34. The number of aromatic nitrogens is 1. The number of carbonyl (C=O) groups excluding carboxylic acids is 2.